The van der Waals surface area contributed by atoms with Gasteiger partial charge in [0.25, 0.3) is 0 Å². The molecule has 30 heavy (non-hydrogen) atoms. The number of unbranched alkanes of at least 4 members (excludes halogenated alkanes) is 2. The molecule has 0 bridgehead atoms. The molecule has 1 aliphatic heterocycles. The molecule has 1 N–H and O–H groups in total. The quantitative estimate of drug-likeness (QED) is 0.528. The smallest absolute Gasteiger partial charge is 0.222 e. The lowest BCUT2D eigenvalue weighted by Gasteiger charge is -2.36. The van der Waals surface area contributed by atoms with E-state index in [1.54, 1.807) is 23.5 Å². The molecule has 3 aromatic rings. The predicted molar refractivity (Wildman–Crippen MR) is 122 cm³/mol. The van der Waals surface area contributed by atoms with Crippen LogP contribution >= 0.6 is 11.3 Å². The molecule has 0 atom stereocenters. The van der Waals surface area contributed by atoms with Gasteiger partial charge in [-0.25, -0.2) is 9.37 Å². The number of thiazole rings is 1. The summed E-state index contributed by atoms with van der Waals surface area (Å²) in [5.41, 5.74) is 2.05. The van der Waals surface area contributed by atoms with Gasteiger partial charge in [0, 0.05) is 44.8 Å². The zero-order valence-electron chi connectivity index (χ0n) is 17.0. The van der Waals surface area contributed by atoms with Gasteiger partial charge in [0.05, 0.1) is 10.2 Å². The Kier molecular flexibility index (Phi) is 6.79. The minimum absolute atomic E-state index is 0.220. The maximum atomic E-state index is 13.1. The first-order valence-corrected chi connectivity index (χ1v) is 11.4. The largest absolute Gasteiger partial charge is 0.368 e. The van der Waals surface area contributed by atoms with Crippen LogP contribution in [0, 0.1) is 5.82 Å². The molecule has 1 aromatic heterocycles. The molecule has 0 saturated carbocycles. The molecule has 0 spiro atoms. The number of rotatable bonds is 8. The lowest BCUT2D eigenvalue weighted by Crippen LogP contribution is -2.48. The Labute approximate surface area is 180 Å². The number of halogens is 1. The fraction of sp³-hybridized carbons (Fsp3) is 0.391. The van der Waals surface area contributed by atoms with Crippen LogP contribution in [-0.2, 0) is 4.79 Å². The number of benzene rings is 2. The average Bonchev–Trinajstić information content (AvgIpc) is 3.19. The highest BCUT2D eigenvalue weighted by Gasteiger charge is 2.20. The van der Waals surface area contributed by atoms with Crippen LogP contribution in [0.4, 0.5) is 15.2 Å². The lowest BCUT2D eigenvalue weighted by molar-refractivity contribution is -0.131. The normalized spacial score (nSPS) is 14.3. The van der Waals surface area contributed by atoms with E-state index in [1.807, 2.05) is 23.1 Å². The highest BCUT2D eigenvalue weighted by Crippen LogP contribution is 2.25. The van der Waals surface area contributed by atoms with Crippen molar-refractivity contribution < 1.29 is 9.18 Å². The molecule has 0 radical (unpaired) electrons. The zero-order valence-corrected chi connectivity index (χ0v) is 17.8. The highest BCUT2D eigenvalue weighted by molar-refractivity contribution is 7.22. The molecule has 7 heteroatoms. The van der Waals surface area contributed by atoms with Gasteiger partial charge in [0.1, 0.15) is 5.82 Å². The van der Waals surface area contributed by atoms with Crippen LogP contribution in [0.3, 0.4) is 0 Å². The maximum absolute atomic E-state index is 13.1. The Morgan fingerprint density at radius 3 is 2.53 bits per heavy atom. The number of hydrogen-bond donors (Lipinski definition) is 1. The Morgan fingerprint density at radius 2 is 1.77 bits per heavy atom. The minimum atomic E-state index is -0.220. The van der Waals surface area contributed by atoms with Gasteiger partial charge in [-0.1, -0.05) is 29.9 Å². The summed E-state index contributed by atoms with van der Waals surface area (Å²) in [6.45, 7) is 3.93. The summed E-state index contributed by atoms with van der Waals surface area (Å²) >= 11 is 1.68. The fourth-order valence-electron chi connectivity index (χ4n) is 3.75. The molecule has 0 unspecified atom stereocenters. The van der Waals surface area contributed by atoms with Crippen molar-refractivity contribution in [1.82, 2.24) is 9.88 Å². The van der Waals surface area contributed by atoms with Crippen LogP contribution in [0.1, 0.15) is 25.7 Å². The number of carbonyl (C=O) groups is 1. The van der Waals surface area contributed by atoms with Crippen molar-refractivity contribution in [2.75, 3.05) is 42.9 Å². The molecule has 1 saturated heterocycles. The van der Waals surface area contributed by atoms with Crippen molar-refractivity contribution >= 4 is 38.3 Å². The van der Waals surface area contributed by atoms with Gasteiger partial charge < -0.3 is 15.1 Å². The van der Waals surface area contributed by atoms with E-state index in [1.165, 1.54) is 16.8 Å². The molecule has 158 valence electrons. The van der Waals surface area contributed by atoms with Crippen LogP contribution in [0.2, 0.25) is 0 Å². The van der Waals surface area contributed by atoms with Gasteiger partial charge in [-0.05, 0) is 49.2 Å². The number of fused-ring (bicyclic) bond motifs is 1. The molecular formula is C23H27FN4OS. The average molecular weight is 427 g/mol. The number of nitrogens with zero attached hydrogens (tertiary/aromatic N) is 3. The summed E-state index contributed by atoms with van der Waals surface area (Å²) in [5, 5.41) is 4.36. The molecule has 2 heterocycles. The van der Waals surface area contributed by atoms with Gasteiger partial charge in [0.15, 0.2) is 5.13 Å². The summed E-state index contributed by atoms with van der Waals surface area (Å²) in [6.07, 6.45) is 3.58. The van der Waals surface area contributed by atoms with Gasteiger partial charge in [-0.3, -0.25) is 4.79 Å². The molecule has 5 nitrogen and oxygen atoms in total. The second-order valence-electron chi connectivity index (χ2n) is 7.57. The molecular weight excluding hydrogens is 399 g/mol. The topological polar surface area (TPSA) is 48.5 Å². The Morgan fingerprint density at radius 1 is 1.00 bits per heavy atom. The van der Waals surface area contributed by atoms with E-state index in [9.17, 15) is 9.18 Å². The van der Waals surface area contributed by atoms with Gasteiger partial charge in [0.2, 0.25) is 5.91 Å². The van der Waals surface area contributed by atoms with Crippen LogP contribution in [0.25, 0.3) is 10.2 Å². The molecule has 0 aliphatic carbocycles. The summed E-state index contributed by atoms with van der Waals surface area (Å²) < 4.78 is 14.3. The number of piperazine rings is 1. The van der Waals surface area contributed by atoms with Crippen molar-refractivity contribution in [3.05, 3.63) is 54.3 Å². The SMILES string of the molecule is O=C(CCCCCNc1nc2ccccc2s1)N1CCN(c2ccc(F)cc2)CC1. The molecule has 4 rings (SSSR count). The van der Waals surface area contributed by atoms with E-state index in [4.69, 9.17) is 0 Å². The first-order chi connectivity index (χ1) is 14.7. The summed E-state index contributed by atoms with van der Waals surface area (Å²) in [7, 11) is 0. The molecule has 1 aliphatic rings. The summed E-state index contributed by atoms with van der Waals surface area (Å²) in [6, 6.07) is 14.7. The van der Waals surface area contributed by atoms with Crippen LogP contribution in [0.5, 0.6) is 0 Å². The monoisotopic (exact) mass is 426 g/mol. The first-order valence-electron chi connectivity index (χ1n) is 10.6. The zero-order chi connectivity index (χ0) is 20.8. The second-order valence-corrected chi connectivity index (χ2v) is 8.60. The molecule has 2 aromatic carbocycles. The molecule has 1 amide bonds. The third kappa shape index (κ3) is 5.27. The first kappa shape index (κ1) is 20.6. The second kappa shape index (κ2) is 9.89. The Balaban J connectivity index is 1.10. The van der Waals surface area contributed by atoms with E-state index in [2.05, 4.69) is 21.3 Å². The van der Waals surface area contributed by atoms with Gasteiger partial charge in [-0.15, -0.1) is 0 Å². The number of amides is 1. The van der Waals surface area contributed by atoms with Gasteiger partial charge in [-0.2, -0.15) is 0 Å². The van der Waals surface area contributed by atoms with E-state index < -0.39 is 0 Å². The number of hydrogen-bond acceptors (Lipinski definition) is 5. The number of carbonyl (C=O) groups excluding carboxylic acids is 1. The highest BCUT2D eigenvalue weighted by atomic mass is 32.1. The summed E-state index contributed by atoms with van der Waals surface area (Å²) in [4.78, 5) is 21.2. The van der Waals surface area contributed by atoms with E-state index in [0.29, 0.717) is 6.42 Å². The number of anilines is 2. The maximum Gasteiger partial charge on any atom is 0.222 e. The van der Waals surface area contributed by atoms with Crippen molar-refractivity contribution in [2.45, 2.75) is 25.7 Å². The van der Waals surface area contributed by atoms with Gasteiger partial charge >= 0.3 is 0 Å². The van der Waals surface area contributed by atoms with Crippen molar-refractivity contribution in [2.24, 2.45) is 0 Å². The van der Waals surface area contributed by atoms with E-state index in [-0.39, 0.29) is 11.7 Å². The van der Waals surface area contributed by atoms with Crippen molar-refractivity contribution in [1.29, 1.82) is 0 Å². The van der Waals surface area contributed by atoms with E-state index in [0.717, 1.165) is 68.3 Å². The lowest BCUT2D eigenvalue weighted by atomic mass is 10.1. The van der Waals surface area contributed by atoms with E-state index >= 15 is 0 Å². The predicted octanol–water partition coefficient (Wildman–Crippen LogP) is 4.76. The Hall–Kier alpha value is -2.67. The fourth-order valence-corrected chi connectivity index (χ4v) is 4.64. The standard InChI is InChI=1S/C23H27FN4OS/c24-18-9-11-19(12-10-18)27-14-16-28(17-15-27)22(29)8-2-1-5-13-25-23-26-20-6-3-4-7-21(20)30-23/h3-4,6-7,9-12H,1-2,5,8,13-17H2,(H,25,26). The number of para-hydroxylation sites is 1. The van der Waals surface area contributed by atoms with Crippen LogP contribution < -0.4 is 10.2 Å². The van der Waals surface area contributed by atoms with Crippen molar-refractivity contribution in [3.63, 3.8) is 0 Å². The number of aromatic nitrogens is 1. The Bertz CT molecular complexity index is 934. The third-order valence-corrected chi connectivity index (χ3v) is 6.46. The van der Waals surface area contributed by atoms with Crippen molar-refractivity contribution in [3.8, 4) is 0 Å². The summed E-state index contributed by atoms with van der Waals surface area (Å²) in [5.74, 6) is 0.0238. The third-order valence-electron chi connectivity index (χ3n) is 5.46. The molecule has 1 fully saturated rings. The van der Waals surface area contributed by atoms with Crippen LogP contribution in [0.15, 0.2) is 48.5 Å². The van der Waals surface area contributed by atoms with Crippen LogP contribution in [-0.4, -0.2) is 48.5 Å². The number of nitrogens with one attached hydrogen (secondary N) is 1. The minimum Gasteiger partial charge on any atom is -0.368 e.